The van der Waals surface area contributed by atoms with Crippen molar-refractivity contribution in [3.63, 3.8) is 0 Å². The van der Waals surface area contributed by atoms with Crippen LogP contribution < -0.4 is 15.2 Å². The SMILES string of the molecule is COc1cc2c(cc1OC)CN(CC1OC(c3ccc(-c4cccc(CN)c4)cc3)OC(c3ccc(CO)cc3)C1C)CC2. The van der Waals surface area contributed by atoms with Crippen LogP contribution in [-0.4, -0.2) is 43.4 Å². The van der Waals surface area contributed by atoms with Gasteiger partial charge in [-0.1, -0.05) is 73.7 Å². The van der Waals surface area contributed by atoms with Crippen molar-refractivity contribution in [2.24, 2.45) is 11.7 Å². The van der Waals surface area contributed by atoms with Crippen LogP contribution in [0.3, 0.4) is 0 Å². The first-order valence-corrected chi connectivity index (χ1v) is 15.4. The molecule has 3 N–H and O–H groups in total. The fourth-order valence-electron chi connectivity index (χ4n) is 6.39. The molecule has 0 bridgehead atoms. The summed E-state index contributed by atoms with van der Waals surface area (Å²) in [6.45, 7) is 5.28. The van der Waals surface area contributed by atoms with Gasteiger partial charge in [-0.2, -0.15) is 0 Å². The van der Waals surface area contributed by atoms with Gasteiger partial charge in [0, 0.05) is 37.7 Å². The number of methoxy groups -OCH3 is 2. The molecule has 2 aliphatic rings. The number of rotatable bonds is 9. The van der Waals surface area contributed by atoms with Crippen molar-refractivity contribution in [2.75, 3.05) is 27.3 Å². The number of nitrogens with two attached hydrogens (primary N) is 1. The Kier molecular flexibility index (Phi) is 9.31. The normalized spacial score (nSPS) is 21.9. The highest BCUT2D eigenvalue weighted by Crippen LogP contribution is 2.43. The molecule has 2 aliphatic heterocycles. The van der Waals surface area contributed by atoms with Gasteiger partial charge in [-0.15, -0.1) is 0 Å². The predicted molar refractivity (Wildman–Crippen MR) is 171 cm³/mol. The second kappa shape index (κ2) is 13.5. The number of fused-ring (bicyclic) bond motifs is 1. The molecule has 0 spiro atoms. The van der Waals surface area contributed by atoms with Crippen LogP contribution in [0.25, 0.3) is 11.1 Å². The molecule has 4 aromatic carbocycles. The Morgan fingerprint density at radius 3 is 2.20 bits per heavy atom. The third kappa shape index (κ3) is 6.39. The Morgan fingerprint density at radius 2 is 1.52 bits per heavy atom. The number of benzene rings is 4. The van der Waals surface area contributed by atoms with E-state index in [9.17, 15) is 5.11 Å². The third-order valence-corrected chi connectivity index (χ3v) is 9.04. The highest BCUT2D eigenvalue weighted by molar-refractivity contribution is 5.64. The quantitative estimate of drug-likeness (QED) is 0.240. The molecule has 230 valence electrons. The maximum atomic E-state index is 9.59. The van der Waals surface area contributed by atoms with Gasteiger partial charge in [-0.25, -0.2) is 0 Å². The molecule has 4 atom stereocenters. The summed E-state index contributed by atoms with van der Waals surface area (Å²) < 4.78 is 24.6. The zero-order chi connectivity index (χ0) is 30.6. The second-order valence-corrected chi connectivity index (χ2v) is 11.8. The molecule has 0 amide bonds. The van der Waals surface area contributed by atoms with E-state index in [1.54, 1.807) is 14.2 Å². The van der Waals surface area contributed by atoms with Crippen LogP contribution in [0.1, 0.15) is 52.7 Å². The molecule has 7 heteroatoms. The Hall–Kier alpha value is -3.72. The summed E-state index contributed by atoms with van der Waals surface area (Å²) in [5, 5.41) is 9.59. The molecule has 4 unspecified atom stereocenters. The van der Waals surface area contributed by atoms with Crippen molar-refractivity contribution in [3.05, 3.63) is 118 Å². The zero-order valence-corrected chi connectivity index (χ0v) is 25.7. The van der Waals surface area contributed by atoms with Crippen LogP contribution in [0.5, 0.6) is 11.5 Å². The van der Waals surface area contributed by atoms with Crippen molar-refractivity contribution in [1.29, 1.82) is 0 Å². The predicted octanol–water partition coefficient (Wildman–Crippen LogP) is 6.17. The molecule has 0 radical (unpaired) electrons. The first-order chi connectivity index (χ1) is 21.5. The molecule has 6 rings (SSSR count). The first kappa shape index (κ1) is 30.3. The maximum Gasteiger partial charge on any atom is 0.184 e. The number of aliphatic hydroxyl groups excluding tert-OH is 1. The van der Waals surface area contributed by atoms with E-state index in [1.165, 1.54) is 11.1 Å². The van der Waals surface area contributed by atoms with Crippen molar-refractivity contribution in [3.8, 4) is 22.6 Å². The molecular formula is C37H42N2O5. The van der Waals surface area contributed by atoms with Crippen molar-refractivity contribution in [1.82, 2.24) is 4.90 Å². The van der Waals surface area contributed by atoms with E-state index in [2.05, 4.69) is 72.5 Å². The number of hydrogen-bond donors (Lipinski definition) is 2. The minimum Gasteiger partial charge on any atom is -0.493 e. The Labute approximate surface area is 260 Å². The summed E-state index contributed by atoms with van der Waals surface area (Å²) in [4.78, 5) is 2.47. The smallest absolute Gasteiger partial charge is 0.184 e. The lowest BCUT2D eigenvalue weighted by atomic mass is 9.89. The molecular weight excluding hydrogens is 552 g/mol. The highest BCUT2D eigenvalue weighted by Gasteiger charge is 2.39. The summed E-state index contributed by atoms with van der Waals surface area (Å²) in [7, 11) is 3.36. The van der Waals surface area contributed by atoms with Gasteiger partial charge in [-0.05, 0) is 63.6 Å². The van der Waals surface area contributed by atoms with E-state index in [0.717, 1.165) is 70.9 Å². The van der Waals surface area contributed by atoms with E-state index in [-0.39, 0.29) is 24.7 Å². The number of aliphatic hydroxyl groups is 1. The first-order valence-electron chi connectivity index (χ1n) is 15.4. The van der Waals surface area contributed by atoms with Gasteiger partial charge < -0.3 is 29.8 Å². The topological polar surface area (TPSA) is 86.4 Å². The number of ether oxygens (including phenoxy) is 4. The molecule has 4 aromatic rings. The number of nitrogens with zero attached hydrogens (tertiary/aromatic N) is 1. The van der Waals surface area contributed by atoms with Crippen LogP contribution in [-0.2, 0) is 35.6 Å². The molecule has 0 saturated carbocycles. The third-order valence-electron chi connectivity index (χ3n) is 9.04. The second-order valence-electron chi connectivity index (χ2n) is 11.8. The fourth-order valence-corrected chi connectivity index (χ4v) is 6.39. The van der Waals surface area contributed by atoms with Crippen LogP contribution in [0.15, 0.2) is 84.9 Å². The lowest BCUT2D eigenvalue weighted by molar-refractivity contribution is -0.276. The molecule has 7 nitrogen and oxygen atoms in total. The van der Waals surface area contributed by atoms with Gasteiger partial charge in [-0.3, -0.25) is 4.90 Å². The average Bonchev–Trinajstić information content (AvgIpc) is 3.08. The van der Waals surface area contributed by atoms with E-state index < -0.39 is 6.29 Å². The lowest BCUT2D eigenvalue weighted by Crippen LogP contribution is -2.45. The average molecular weight is 595 g/mol. The Bertz CT molecular complexity index is 1560. The van der Waals surface area contributed by atoms with Gasteiger partial charge >= 0.3 is 0 Å². The Morgan fingerprint density at radius 1 is 0.818 bits per heavy atom. The largest absolute Gasteiger partial charge is 0.493 e. The summed E-state index contributed by atoms with van der Waals surface area (Å²) in [5.74, 6) is 1.64. The van der Waals surface area contributed by atoms with Crippen molar-refractivity contribution in [2.45, 2.75) is 51.5 Å². The van der Waals surface area contributed by atoms with Gasteiger partial charge in [0.1, 0.15) is 0 Å². The van der Waals surface area contributed by atoms with Gasteiger partial charge in [0.2, 0.25) is 0 Å². The van der Waals surface area contributed by atoms with E-state index in [4.69, 9.17) is 24.7 Å². The number of hydrogen-bond acceptors (Lipinski definition) is 7. The fraction of sp³-hybridized carbons (Fsp3) is 0.351. The zero-order valence-electron chi connectivity index (χ0n) is 25.7. The highest BCUT2D eigenvalue weighted by atomic mass is 16.7. The van der Waals surface area contributed by atoms with Crippen molar-refractivity contribution >= 4 is 0 Å². The minimum absolute atomic E-state index is 0.0172. The summed E-state index contributed by atoms with van der Waals surface area (Å²) >= 11 is 0. The standard InChI is InChI=1S/C37H42N2O5/c1-24-35(22-39-16-15-31-18-33(41-2)34(42-3)19-32(31)21-39)43-37(44-36(24)28-9-7-25(23-40)8-10-28)29-13-11-27(12-14-29)30-6-4-5-26(17-30)20-38/h4-14,17-19,24,35-37,40H,15-16,20-23,38H2,1-3H3. The van der Waals surface area contributed by atoms with E-state index in [1.807, 2.05) is 24.3 Å². The van der Waals surface area contributed by atoms with Gasteiger partial charge in [0.15, 0.2) is 17.8 Å². The van der Waals surface area contributed by atoms with E-state index in [0.29, 0.717) is 6.54 Å². The molecule has 0 aliphatic carbocycles. The van der Waals surface area contributed by atoms with Crippen LogP contribution in [0.4, 0.5) is 0 Å². The van der Waals surface area contributed by atoms with E-state index >= 15 is 0 Å². The van der Waals surface area contributed by atoms with Crippen LogP contribution >= 0.6 is 0 Å². The molecule has 0 aromatic heterocycles. The van der Waals surface area contributed by atoms with Gasteiger partial charge in [0.25, 0.3) is 0 Å². The summed E-state index contributed by atoms with van der Waals surface area (Å²) in [6, 6.07) is 29.1. The van der Waals surface area contributed by atoms with Crippen LogP contribution in [0.2, 0.25) is 0 Å². The molecule has 2 heterocycles. The van der Waals surface area contributed by atoms with Gasteiger partial charge in [0.05, 0.1) is 33.0 Å². The summed E-state index contributed by atoms with van der Waals surface area (Å²) in [6.07, 6.45) is 0.215. The summed E-state index contributed by atoms with van der Waals surface area (Å²) in [5.41, 5.74) is 14.8. The Balaban J connectivity index is 1.25. The van der Waals surface area contributed by atoms with Crippen molar-refractivity contribution < 1.29 is 24.1 Å². The molecule has 1 saturated heterocycles. The minimum atomic E-state index is -0.510. The molecule has 44 heavy (non-hydrogen) atoms. The maximum absolute atomic E-state index is 9.59. The molecule has 1 fully saturated rings. The monoisotopic (exact) mass is 594 g/mol. The van der Waals surface area contributed by atoms with Crippen LogP contribution in [0, 0.1) is 5.92 Å². The lowest BCUT2D eigenvalue weighted by Gasteiger charge is -2.43.